The molecule has 0 aromatic carbocycles. The van der Waals surface area contributed by atoms with Crippen molar-refractivity contribution in [1.82, 2.24) is 14.9 Å². The van der Waals surface area contributed by atoms with Gasteiger partial charge in [0.25, 0.3) is 0 Å². The Labute approximate surface area is 113 Å². The SMILES string of the molecule is Cc1cc(Cl)nc(CN2CCCCCC2CO)n1. The molecule has 0 saturated carbocycles. The van der Waals surface area contributed by atoms with E-state index >= 15 is 0 Å². The predicted molar refractivity (Wildman–Crippen MR) is 71.5 cm³/mol. The lowest BCUT2D eigenvalue weighted by Gasteiger charge is -2.27. The summed E-state index contributed by atoms with van der Waals surface area (Å²) in [7, 11) is 0. The maximum Gasteiger partial charge on any atom is 0.144 e. The van der Waals surface area contributed by atoms with Gasteiger partial charge in [-0.05, 0) is 32.4 Å². The van der Waals surface area contributed by atoms with Gasteiger partial charge in [0, 0.05) is 11.7 Å². The molecule has 1 unspecified atom stereocenters. The molecule has 1 fully saturated rings. The summed E-state index contributed by atoms with van der Waals surface area (Å²) in [4.78, 5) is 10.9. The van der Waals surface area contributed by atoms with Crippen LogP contribution in [0.2, 0.25) is 5.15 Å². The fraction of sp³-hybridized carbons (Fsp3) is 0.692. The van der Waals surface area contributed by atoms with Crippen LogP contribution in [0, 0.1) is 6.92 Å². The fourth-order valence-electron chi connectivity index (χ4n) is 2.49. The van der Waals surface area contributed by atoms with Gasteiger partial charge in [-0.2, -0.15) is 0 Å². The number of rotatable bonds is 3. The van der Waals surface area contributed by atoms with Gasteiger partial charge >= 0.3 is 0 Å². The molecular formula is C13H20ClN3O. The predicted octanol–water partition coefficient (Wildman–Crippen LogP) is 2.18. The molecule has 18 heavy (non-hydrogen) atoms. The van der Waals surface area contributed by atoms with Crippen LogP contribution in [-0.4, -0.2) is 39.2 Å². The van der Waals surface area contributed by atoms with Crippen molar-refractivity contribution in [2.75, 3.05) is 13.2 Å². The van der Waals surface area contributed by atoms with Crippen molar-refractivity contribution < 1.29 is 5.11 Å². The van der Waals surface area contributed by atoms with Gasteiger partial charge in [-0.15, -0.1) is 0 Å². The molecule has 0 aliphatic carbocycles. The first kappa shape index (κ1) is 13.7. The summed E-state index contributed by atoms with van der Waals surface area (Å²) < 4.78 is 0. The lowest BCUT2D eigenvalue weighted by Crippen LogP contribution is -2.37. The first-order valence-electron chi connectivity index (χ1n) is 6.54. The van der Waals surface area contributed by atoms with Crippen molar-refractivity contribution in [2.45, 2.75) is 45.2 Å². The van der Waals surface area contributed by atoms with Crippen LogP contribution in [-0.2, 0) is 6.54 Å². The number of halogens is 1. The monoisotopic (exact) mass is 269 g/mol. The summed E-state index contributed by atoms with van der Waals surface area (Å²) in [6.45, 7) is 3.80. The molecule has 1 N–H and O–H groups in total. The standard InChI is InChI=1S/C13H20ClN3O/c1-10-7-12(14)16-13(15-10)8-17-6-4-2-3-5-11(17)9-18/h7,11,18H,2-6,8-9H2,1H3. The van der Waals surface area contributed by atoms with Crippen LogP contribution in [0.25, 0.3) is 0 Å². The second-order valence-electron chi connectivity index (χ2n) is 4.90. The number of aromatic nitrogens is 2. The summed E-state index contributed by atoms with van der Waals surface area (Å²) in [5.41, 5.74) is 0.889. The van der Waals surface area contributed by atoms with Crippen molar-refractivity contribution in [3.05, 3.63) is 22.7 Å². The van der Waals surface area contributed by atoms with Gasteiger partial charge < -0.3 is 5.11 Å². The highest BCUT2D eigenvalue weighted by atomic mass is 35.5. The van der Waals surface area contributed by atoms with E-state index in [9.17, 15) is 5.11 Å². The first-order valence-corrected chi connectivity index (χ1v) is 6.92. The third-order valence-electron chi connectivity index (χ3n) is 3.42. The molecule has 4 nitrogen and oxygen atoms in total. The average Bonchev–Trinajstić information content (AvgIpc) is 2.52. The van der Waals surface area contributed by atoms with Crippen LogP contribution >= 0.6 is 11.6 Å². The van der Waals surface area contributed by atoms with E-state index in [-0.39, 0.29) is 12.6 Å². The maximum absolute atomic E-state index is 9.47. The number of nitrogens with zero attached hydrogens (tertiary/aromatic N) is 3. The highest BCUT2D eigenvalue weighted by molar-refractivity contribution is 6.29. The Hall–Kier alpha value is -0.710. The Bertz CT molecular complexity index is 380. The quantitative estimate of drug-likeness (QED) is 0.855. The molecule has 1 saturated heterocycles. The molecule has 5 heteroatoms. The van der Waals surface area contributed by atoms with E-state index in [1.54, 1.807) is 6.07 Å². The Kier molecular flexibility index (Phi) is 4.92. The Morgan fingerprint density at radius 3 is 2.94 bits per heavy atom. The second kappa shape index (κ2) is 6.45. The topological polar surface area (TPSA) is 49.2 Å². The van der Waals surface area contributed by atoms with Crippen molar-refractivity contribution in [2.24, 2.45) is 0 Å². The van der Waals surface area contributed by atoms with Gasteiger partial charge in [-0.1, -0.05) is 24.4 Å². The fourth-order valence-corrected chi connectivity index (χ4v) is 2.75. The van der Waals surface area contributed by atoms with Gasteiger partial charge in [0.15, 0.2) is 0 Å². The first-order chi connectivity index (χ1) is 8.69. The number of hydrogen-bond acceptors (Lipinski definition) is 4. The van der Waals surface area contributed by atoms with Gasteiger partial charge in [0.05, 0.1) is 13.2 Å². The average molecular weight is 270 g/mol. The molecule has 0 amide bonds. The third-order valence-corrected chi connectivity index (χ3v) is 3.62. The summed E-state index contributed by atoms with van der Waals surface area (Å²) >= 11 is 5.95. The molecule has 0 bridgehead atoms. The van der Waals surface area contributed by atoms with Crippen LogP contribution in [0.3, 0.4) is 0 Å². The van der Waals surface area contributed by atoms with E-state index in [1.807, 2.05) is 6.92 Å². The van der Waals surface area contributed by atoms with E-state index in [1.165, 1.54) is 19.3 Å². The molecule has 2 heterocycles. The molecule has 1 aromatic rings. The summed E-state index contributed by atoms with van der Waals surface area (Å²) in [6, 6.07) is 1.99. The van der Waals surface area contributed by atoms with Crippen molar-refractivity contribution in [3.8, 4) is 0 Å². The molecule has 0 radical (unpaired) electrons. The van der Waals surface area contributed by atoms with Gasteiger partial charge in [0.1, 0.15) is 11.0 Å². The number of aliphatic hydroxyl groups is 1. The molecule has 1 atom stereocenters. The Morgan fingerprint density at radius 1 is 1.39 bits per heavy atom. The summed E-state index contributed by atoms with van der Waals surface area (Å²) in [5, 5.41) is 9.96. The maximum atomic E-state index is 9.47. The van der Waals surface area contributed by atoms with Crippen LogP contribution in [0.4, 0.5) is 0 Å². The smallest absolute Gasteiger partial charge is 0.144 e. The number of hydrogen-bond donors (Lipinski definition) is 1. The minimum absolute atomic E-state index is 0.208. The molecule has 0 spiro atoms. The Morgan fingerprint density at radius 2 is 2.22 bits per heavy atom. The molecule has 1 aliphatic heterocycles. The largest absolute Gasteiger partial charge is 0.395 e. The molecular weight excluding hydrogens is 250 g/mol. The van der Waals surface area contributed by atoms with Gasteiger partial charge in [-0.3, -0.25) is 4.90 Å². The molecule has 1 aliphatic rings. The van der Waals surface area contributed by atoms with E-state index in [0.29, 0.717) is 11.7 Å². The molecule has 2 rings (SSSR count). The number of aliphatic hydroxyl groups excluding tert-OH is 1. The van der Waals surface area contributed by atoms with E-state index < -0.39 is 0 Å². The Balaban J connectivity index is 2.09. The molecule has 1 aromatic heterocycles. The zero-order valence-corrected chi connectivity index (χ0v) is 11.5. The van der Waals surface area contributed by atoms with Crippen molar-refractivity contribution in [3.63, 3.8) is 0 Å². The molecule has 100 valence electrons. The van der Waals surface area contributed by atoms with Gasteiger partial charge in [0.2, 0.25) is 0 Å². The summed E-state index contributed by atoms with van der Waals surface area (Å²) in [6.07, 6.45) is 4.66. The second-order valence-corrected chi connectivity index (χ2v) is 5.29. The third kappa shape index (κ3) is 3.64. The minimum Gasteiger partial charge on any atom is -0.395 e. The van der Waals surface area contributed by atoms with Crippen LogP contribution < -0.4 is 0 Å². The zero-order chi connectivity index (χ0) is 13.0. The minimum atomic E-state index is 0.208. The van der Waals surface area contributed by atoms with Crippen molar-refractivity contribution >= 4 is 11.6 Å². The van der Waals surface area contributed by atoms with E-state index in [4.69, 9.17) is 11.6 Å². The van der Waals surface area contributed by atoms with Crippen LogP contribution in [0.5, 0.6) is 0 Å². The van der Waals surface area contributed by atoms with E-state index in [0.717, 1.165) is 24.5 Å². The van der Waals surface area contributed by atoms with Gasteiger partial charge in [-0.25, -0.2) is 9.97 Å². The zero-order valence-electron chi connectivity index (χ0n) is 10.8. The lowest BCUT2D eigenvalue weighted by molar-refractivity contribution is 0.116. The summed E-state index contributed by atoms with van der Waals surface area (Å²) in [5.74, 6) is 0.750. The van der Waals surface area contributed by atoms with Crippen LogP contribution in [0.1, 0.15) is 37.2 Å². The normalized spacial score (nSPS) is 21.8. The van der Waals surface area contributed by atoms with Crippen molar-refractivity contribution in [1.29, 1.82) is 0 Å². The highest BCUT2D eigenvalue weighted by Crippen LogP contribution is 2.18. The lowest BCUT2D eigenvalue weighted by atomic mass is 10.1. The number of likely N-dealkylation sites (tertiary alicyclic amines) is 1. The highest BCUT2D eigenvalue weighted by Gasteiger charge is 2.21. The van der Waals surface area contributed by atoms with Crippen LogP contribution in [0.15, 0.2) is 6.07 Å². The number of aryl methyl sites for hydroxylation is 1. The van der Waals surface area contributed by atoms with E-state index in [2.05, 4.69) is 14.9 Å².